The van der Waals surface area contributed by atoms with Gasteiger partial charge in [0.2, 0.25) is 0 Å². The van der Waals surface area contributed by atoms with E-state index < -0.39 is 17.6 Å². The van der Waals surface area contributed by atoms with E-state index in [4.69, 9.17) is 11.6 Å². The van der Waals surface area contributed by atoms with Crippen LogP contribution in [0, 0.1) is 0 Å². The molecule has 4 N–H and O–H groups in total. The van der Waals surface area contributed by atoms with Crippen molar-refractivity contribution < 1.29 is 9.90 Å². The number of aliphatic hydroxyl groups is 1. The molecular weight excluding hydrogens is 440 g/mol. The molecule has 1 atom stereocenters. The first-order valence-electron chi connectivity index (χ1n) is 11.1. The van der Waals surface area contributed by atoms with E-state index in [9.17, 15) is 14.7 Å². The summed E-state index contributed by atoms with van der Waals surface area (Å²) in [5.74, 6) is -0.521. The molecule has 1 saturated heterocycles. The number of nitrogens with one attached hydrogen (secondary N) is 3. The van der Waals surface area contributed by atoms with Crippen LogP contribution in [0.4, 0.5) is 17.1 Å². The van der Waals surface area contributed by atoms with E-state index in [-0.39, 0.29) is 12.1 Å². The van der Waals surface area contributed by atoms with Gasteiger partial charge in [-0.05, 0) is 61.2 Å². The molecule has 0 unspecified atom stereocenters. The van der Waals surface area contributed by atoms with Gasteiger partial charge in [0.05, 0.1) is 11.8 Å². The second kappa shape index (κ2) is 10.6. The second-order valence-electron chi connectivity index (χ2n) is 8.10. The van der Waals surface area contributed by atoms with Crippen LogP contribution >= 0.6 is 11.6 Å². The number of aromatic nitrogens is 1. The third kappa shape index (κ3) is 5.74. The number of pyridine rings is 1. The minimum atomic E-state index is -0.861. The molecule has 4 rings (SSSR count). The summed E-state index contributed by atoms with van der Waals surface area (Å²) in [6, 6.07) is 16.2. The fraction of sp³-hybridized carbons (Fsp3) is 0.280. The summed E-state index contributed by atoms with van der Waals surface area (Å²) in [6.07, 6.45) is 4.16. The molecular formula is C25H27ClN4O3. The molecule has 172 valence electrons. The maximum absolute atomic E-state index is 13.0. The summed E-state index contributed by atoms with van der Waals surface area (Å²) in [5.41, 5.74) is 2.10. The van der Waals surface area contributed by atoms with Crippen LogP contribution in [0.1, 0.15) is 41.3 Å². The van der Waals surface area contributed by atoms with Gasteiger partial charge < -0.3 is 25.6 Å². The van der Waals surface area contributed by atoms with Gasteiger partial charge in [-0.25, -0.2) is 0 Å². The summed E-state index contributed by atoms with van der Waals surface area (Å²) >= 11 is 6.00. The zero-order chi connectivity index (χ0) is 23.2. The summed E-state index contributed by atoms with van der Waals surface area (Å²) in [7, 11) is 0. The molecule has 3 aromatic rings. The highest BCUT2D eigenvalue weighted by molar-refractivity contribution is 6.30. The van der Waals surface area contributed by atoms with Gasteiger partial charge in [-0.1, -0.05) is 29.8 Å². The summed E-state index contributed by atoms with van der Waals surface area (Å²) in [6.45, 7) is 2.10. The number of amides is 1. The summed E-state index contributed by atoms with van der Waals surface area (Å²) in [4.78, 5) is 30.4. The topological polar surface area (TPSA) is 97.5 Å². The van der Waals surface area contributed by atoms with Crippen molar-refractivity contribution in [3.8, 4) is 0 Å². The normalized spacial score (nSPS) is 14.5. The third-order valence-corrected chi connectivity index (χ3v) is 5.97. The van der Waals surface area contributed by atoms with Crippen molar-refractivity contribution in [1.82, 2.24) is 4.98 Å². The minimum Gasteiger partial charge on any atom is -0.387 e. The molecule has 1 aliphatic heterocycles. The van der Waals surface area contributed by atoms with Crippen molar-refractivity contribution in [1.29, 1.82) is 0 Å². The number of nitrogens with zero attached hydrogens (tertiary/aromatic N) is 1. The molecule has 1 amide bonds. The SMILES string of the molecule is O=C(Nc1cccc(N2CCCCC2)c1)c1c(NC[C@@H](O)c2cccc(Cl)c2)cc[nH]c1=O. The van der Waals surface area contributed by atoms with Crippen LogP contribution in [-0.4, -0.2) is 35.6 Å². The predicted molar refractivity (Wildman–Crippen MR) is 132 cm³/mol. The van der Waals surface area contributed by atoms with Gasteiger partial charge in [-0.3, -0.25) is 9.59 Å². The van der Waals surface area contributed by atoms with E-state index in [1.807, 2.05) is 18.2 Å². The van der Waals surface area contributed by atoms with Gasteiger partial charge in [0.1, 0.15) is 5.56 Å². The third-order valence-electron chi connectivity index (χ3n) is 5.73. The second-order valence-corrected chi connectivity index (χ2v) is 8.54. The lowest BCUT2D eigenvalue weighted by Gasteiger charge is -2.29. The number of H-pyrrole nitrogens is 1. The van der Waals surface area contributed by atoms with Gasteiger partial charge >= 0.3 is 0 Å². The fourth-order valence-electron chi connectivity index (χ4n) is 4.02. The Hall–Kier alpha value is -3.29. The molecule has 7 nitrogen and oxygen atoms in total. The molecule has 0 saturated carbocycles. The Kier molecular flexibility index (Phi) is 7.32. The maximum atomic E-state index is 13.0. The highest BCUT2D eigenvalue weighted by Gasteiger charge is 2.18. The first-order chi connectivity index (χ1) is 16.0. The Morgan fingerprint density at radius 1 is 1.09 bits per heavy atom. The average Bonchev–Trinajstić information content (AvgIpc) is 2.83. The lowest BCUT2D eigenvalue weighted by Crippen LogP contribution is -2.29. The van der Waals surface area contributed by atoms with Crippen LogP contribution in [0.3, 0.4) is 0 Å². The van der Waals surface area contributed by atoms with Gasteiger partial charge in [0.25, 0.3) is 11.5 Å². The molecule has 33 heavy (non-hydrogen) atoms. The minimum absolute atomic E-state index is 0.0424. The largest absolute Gasteiger partial charge is 0.387 e. The number of aromatic amines is 1. The van der Waals surface area contributed by atoms with E-state index in [0.717, 1.165) is 31.6 Å². The number of carbonyl (C=O) groups excluding carboxylic acids is 1. The lowest BCUT2D eigenvalue weighted by atomic mass is 10.1. The molecule has 0 bridgehead atoms. The Morgan fingerprint density at radius 3 is 2.67 bits per heavy atom. The average molecular weight is 467 g/mol. The molecule has 0 radical (unpaired) electrons. The smallest absolute Gasteiger partial charge is 0.263 e. The van der Waals surface area contributed by atoms with Crippen LogP contribution in [0.2, 0.25) is 5.02 Å². The van der Waals surface area contributed by atoms with Crippen molar-refractivity contribution in [2.75, 3.05) is 35.2 Å². The summed E-state index contributed by atoms with van der Waals surface area (Å²) in [5, 5.41) is 16.9. The van der Waals surface area contributed by atoms with Gasteiger partial charge in [0.15, 0.2) is 0 Å². The Balaban J connectivity index is 1.48. The molecule has 0 spiro atoms. The van der Waals surface area contributed by atoms with Crippen LogP contribution in [0.5, 0.6) is 0 Å². The molecule has 2 aromatic carbocycles. The number of carbonyl (C=O) groups is 1. The molecule has 0 aliphatic carbocycles. The van der Waals surface area contributed by atoms with E-state index >= 15 is 0 Å². The van der Waals surface area contributed by atoms with Crippen molar-refractivity contribution >= 4 is 34.6 Å². The maximum Gasteiger partial charge on any atom is 0.263 e. The van der Waals surface area contributed by atoms with Crippen molar-refractivity contribution in [3.63, 3.8) is 0 Å². The summed E-state index contributed by atoms with van der Waals surface area (Å²) < 4.78 is 0. The molecule has 1 aliphatic rings. The number of halogens is 1. The Bertz CT molecular complexity index is 1170. The van der Waals surface area contributed by atoms with Crippen molar-refractivity contribution in [3.05, 3.63) is 87.3 Å². The number of hydrogen-bond acceptors (Lipinski definition) is 5. The lowest BCUT2D eigenvalue weighted by molar-refractivity contribution is 0.102. The van der Waals surface area contributed by atoms with Crippen molar-refractivity contribution in [2.24, 2.45) is 0 Å². The molecule has 2 heterocycles. The molecule has 1 fully saturated rings. The van der Waals surface area contributed by atoms with E-state index in [1.54, 1.807) is 36.4 Å². The number of hydrogen-bond donors (Lipinski definition) is 4. The highest BCUT2D eigenvalue weighted by Crippen LogP contribution is 2.24. The number of anilines is 3. The first kappa shape index (κ1) is 22.9. The van der Waals surface area contributed by atoms with Crippen LogP contribution in [-0.2, 0) is 0 Å². The quantitative estimate of drug-likeness (QED) is 0.413. The standard InChI is InChI=1S/C25H27ClN4O3/c26-18-7-4-6-17(14-18)22(31)16-28-21-10-11-27-24(32)23(21)25(33)29-19-8-5-9-20(15-19)30-12-2-1-3-13-30/h4-11,14-15,22,31H,1-3,12-13,16H2,(H,29,33)(H2,27,28,32)/t22-/m1/s1. The molecule has 8 heteroatoms. The number of piperidine rings is 1. The predicted octanol–water partition coefficient (Wildman–Crippen LogP) is 4.42. The van der Waals surface area contributed by atoms with Crippen molar-refractivity contribution in [2.45, 2.75) is 25.4 Å². The van der Waals surface area contributed by atoms with E-state index in [2.05, 4.69) is 20.5 Å². The first-order valence-corrected chi connectivity index (χ1v) is 11.4. The van der Waals surface area contributed by atoms with E-state index in [0.29, 0.717) is 22.0 Å². The van der Waals surface area contributed by atoms with Crippen LogP contribution < -0.4 is 21.1 Å². The van der Waals surface area contributed by atoms with Crippen LogP contribution in [0.15, 0.2) is 65.6 Å². The van der Waals surface area contributed by atoms with Crippen LogP contribution in [0.25, 0.3) is 0 Å². The van der Waals surface area contributed by atoms with Gasteiger partial charge in [-0.15, -0.1) is 0 Å². The monoisotopic (exact) mass is 466 g/mol. The Labute approximate surface area is 197 Å². The van der Waals surface area contributed by atoms with Gasteiger partial charge in [0, 0.05) is 42.2 Å². The highest BCUT2D eigenvalue weighted by atomic mass is 35.5. The number of aliphatic hydroxyl groups excluding tert-OH is 1. The zero-order valence-corrected chi connectivity index (χ0v) is 18.9. The number of benzene rings is 2. The van der Waals surface area contributed by atoms with E-state index in [1.165, 1.54) is 12.6 Å². The Morgan fingerprint density at radius 2 is 1.88 bits per heavy atom. The van der Waals surface area contributed by atoms with Gasteiger partial charge in [-0.2, -0.15) is 0 Å². The fourth-order valence-corrected chi connectivity index (χ4v) is 4.21. The molecule has 1 aromatic heterocycles. The number of rotatable bonds is 7. The zero-order valence-electron chi connectivity index (χ0n) is 18.2.